The van der Waals surface area contributed by atoms with Crippen LogP contribution in [-0.4, -0.2) is 30.0 Å². The Hall–Kier alpha value is -2.83. The Labute approximate surface area is 132 Å². The number of hydrogen-bond donors (Lipinski definition) is 0. The zero-order chi connectivity index (χ0) is 17.1. The maximum Gasteiger partial charge on any atom is 0.336 e. The molecule has 0 radical (unpaired) electrons. The molecule has 1 aliphatic heterocycles. The molecule has 0 aliphatic carbocycles. The number of carbonyl (C=O) groups is 2. The second-order valence-electron chi connectivity index (χ2n) is 5.24. The molecule has 0 saturated heterocycles. The highest BCUT2D eigenvalue weighted by atomic mass is 16.6. The lowest BCUT2D eigenvalue weighted by atomic mass is 9.76. The number of non-ortho nitro benzene ring substituents is 1. The first-order valence-corrected chi connectivity index (χ1v) is 6.94. The third kappa shape index (κ3) is 3.03. The SMILES string of the molecule is COC(=O)C1=C(C)N=C(C)C(C=O)C1c1cccc([N+](=O)[O-])c1. The van der Waals surface area contributed by atoms with Crippen LogP contribution in [0.2, 0.25) is 0 Å². The van der Waals surface area contributed by atoms with E-state index in [2.05, 4.69) is 4.99 Å². The summed E-state index contributed by atoms with van der Waals surface area (Å²) in [5.41, 5.74) is 1.65. The van der Waals surface area contributed by atoms with Gasteiger partial charge < -0.3 is 9.53 Å². The van der Waals surface area contributed by atoms with Gasteiger partial charge in [0, 0.05) is 29.5 Å². The summed E-state index contributed by atoms with van der Waals surface area (Å²) >= 11 is 0. The Balaban J connectivity index is 2.65. The van der Waals surface area contributed by atoms with Crippen molar-refractivity contribution in [1.82, 2.24) is 0 Å². The number of carbonyl (C=O) groups excluding carboxylic acids is 2. The number of esters is 1. The predicted molar refractivity (Wildman–Crippen MR) is 83.2 cm³/mol. The van der Waals surface area contributed by atoms with E-state index in [0.717, 1.165) is 0 Å². The molecule has 2 unspecified atom stereocenters. The van der Waals surface area contributed by atoms with Gasteiger partial charge in [-0.3, -0.25) is 15.1 Å². The predicted octanol–water partition coefficient (Wildman–Crippen LogP) is 2.42. The summed E-state index contributed by atoms with van der Waals surface area (Å²) < 4.78 is 4.80. The van der Waals surface area contributed by atoms with Crippen LogP contribution < -0.4 is 0 Å². The van der Waals surface area contributed by atoms with Crippen LogP contribution in [0.1, 0.15) is 25.3 Å². The van der Waals surface area contributed by atoms with Crippen molar-refractivity contribution in [3.63, 3.8) is 0 Å². The van der Waals surface area contributed by atoms with Crippen molar-refractivity contribution in [2.45, 2.75) is 19.8 Å². The second-order valence-corrected chi connectivity index (χ2v) is 5.24. The Morgan fingerprint density at radius 3 is 2.65 bits per heavy atom. The number of nitro benzene ring substituents is 1. The first-order chi connectivity index (χ1) is 10.9. The van der Waals surface area contributed by atoms with Crippen LogP contribution in [0.25, 0.3) is 0 Å². The van der Waals surface area contributed by atoms with Gasteiger partial charge >= 0.3 is 5.97 Å². The molecule has 23 heavy (non-hydrogen) atoms. The van der Waals surface area contributed by atoms with Gasteiger partial charge in [-0.05, 0) is 19.4 Å². The Morgan fingerprint density at radius 1 is 1.39 bits per heavy atom. The molecule has 2 atom stereocenters. The van der Waals surface area contributed by atoms with Gasteiger partial charge in [-0.25, -0.2) is 4.79 Å². The molecule has 0 saturated carbocycles. The average Bonchev–Trinajstić information content (AvgIpc) is 2.53. The van der Waals surface area contributed by atoms with Gasteiger partial charge in [0.05, 0.1) is 23.5 Å². The molecule has 1 aromatic carbocycles. The maximum atomic E-state index is 12.1. The Morgan fingerprint density at radius 2 is 2.09 bits per heavy atom. The smallest absolute Gasteiger partial charge is 0.336 e. The van der Waals surface area contributed by atoms with Crippen molar-refractivity contribution >= 4 is 23.7 Å². The van der Waals surface area contributed by atoms with Crippen molar-refractivity contribution in [3.05, 3.63) is 51.2 Å². The van der Waals surface area contributed by atoms with E-state index in [1.165, 1.54) is 25.3 Å². The van der Waals surface area contributed by atoms with Crippen molar-refractivity contribution in [2.75, 3.05) is 7.11 Å². The lowest BCUT2D eigenvalue weighted by Crippen LogP contribution is -2.31. The van der Waals surface area contributed by atoms with Crippen molar-refractivity contribution in [2.24, 2.45) is 10.9 Å². The topological polar surface area (TPSA) is 98.9 Å². The number of aldehydes is 1. The molecular weight excluding hydrogens is 300 g/mol. The number of nitro groups is 1. The normalized spacial score (nSPS) is 20.7. The summed E-state index contributed by atoms with van der Waals surface area (Å²) in [5.74, 6) is -1.92. The van der Waals surface area contributed by atoms with Crippen molar-refractivity contribution in [1.29, 1.82) is 0 Å². The molecular formula is C16H16N2O5. The van der Waals surface area contributed by atoms with Gasteiger partial charge in [0.15, 0.2) is 0 Å². The number of methoxy groups -OCH3 is 1. The molecule has 0 fully saturated rings. The number of hydrogen-bond acceptors (Lipinski definition) is 6. The summed E-state index contributed by atoms with van der Waals surface area (Å²) in [5, 5.41) is 11.0. The molecule has 0 bridgehead atoms. The molecule has 0 amide bonds. The second kappa shape index (κ2) is 6.51. The summed E-state index contributed by atoms with van der Waals surface area (Å²) in [6.45, 7) is 3.35. The zero-order valence-electron chi connectivity index (χ0n) is 13.0. The van der Waals surface area contributed by atoms with Crippen LogP contribution in [0, 0.1) is 16.0 Å². The van der Waals surface area contributed by atoms with E-state index in [0.29, 0.717) is 23.3 Å². The molecule has 0 spiro atoms. The number of nitrogens with zero attached hydrogens (tertiary/aromatic N) is 2. The van der Waals surface area contributed by atoms with E-state index < -0.39 is 22.7 Å². The molecule has 120 valence electrons. The van der Waals surface area contributed by atoms with Crippen LogP contribution in [0.5, 0.6) is 0 Å². The molecule has 2 rings (SSSR count). The van der Waals surface area contributed by atoms with E-state index in [-0.39, 0.29) is 11.3 Å². The van der Waals surface area contributed by atoms with Crippen LogP contribution in [0.15, 0.2) is 40.5 Å². The third-order valence-electron chi connectivity index (χ3n) is 3.88. The number of ether oxygens (including phenoxy) is 1. The average molecular weight is 316 g/mol. The van der Waals surface area contributed by atoms with Gasteiger partial charge in [0.1, 0.15) is 6.29 Å². The largest absolute Gasteiger partial charge is 0.466 e. The summed E-state index contributed by atoms with van der Waals surface area (Å²) in [6, 6.07) is 5.91. The molecule has 0 N–H and O–H groups in total. The zero-order valence-corrected chi connectivity index (χ0v) is 13.0. The van der Waals surface area contributed by atoms with Crippen LogP contribution in [-0.2, 0) is 14.3 Å². The first-order valence-electron chi connectivity index (χ1n) is 6.94. The minimum atomic E-state index is -0.671. The fraction of sp³-hybridized carbons (Fsp3) is 0.312. The van der Waals surface area contributed by atoms with Crippen LogP contribution >= 0.6 is 0 Å². The van der Waals surface area contributed by atoms with Crippen LogP contribution in [0.3, 0.4) is 0 Å². The number of allylic oxidation sites excluding steroid dienone is 1. The number of aliphatic imine (C=N–C) groups is 1. The monoisotopic (exact) mass is 316 g/mol. The van der Waals surface area contributed by atoms with Crippen molar-refractivity contribution < 1.29 is 19.2 Å². The van der Waals surface area contributed by atoms with Gasteiger partial charge in [0.2, 0.25) is 0 Å². The van der Waals surface area contributed by atoms with Gasteiger partial charge in [0.25, 0.3) is 5.69 Å². The highest BCUT2D eigenvalue weighted by Gasteiger charge is 2.37. The highest BCUT2D eigenvalue weighted by molar-refractivity contribution is 6.03. The molecule has 1 aromatic rings. The fourth-order valence-electron chi connectivity index (χ4n) is 2.81. The van der Waals surface area contributed by atoms with Crippen molar-refractivity contribution in [3.8, 4) is 0 Å². The van der Waals surface area contributed by atoms with E-state index >= 15 is 0 Å². The number of benzene rings is 1. The molecule has 7 nitrogen and oxygen atoms in total. The first kappa shape index (κ1) is 16.5. The lowest BCUT2D eigenvalue weighted by Gasteiger charge is -2.29. The van der Waals surface area contributed by atoms with E-state index in [1.807, 2.05) is 0 Å². The Kier molecular flexibility index (Phi) is 4.68. The third-order valence-corrected chi connectivity index (χ3v) is 3.88. The van der Waals surface area contributed by atoms with Gasteiger partial charge in [-0.2, -0.15) is 0 Å². The summed E-state index contributed by atoms with van der Waals surface area (Å²) in [4.78, 5) is 38.4. The minimum Gasteiger partial charge on any atom is -0.466 e. The van der Waals surface area contributed by atoms with E-state index in [1.54, 1.807) is 19.9 Å². The summed E-state index contributed by atoms with van der Waals surface area (Å²) in [6.07, 6.45) is 0.706. The van der Waals surface area contributed by atoms with Crippen LogP contribution in [0.4, 0.5) is 5.69 Å². The van der Waals surface area contributed by atoms with E-state index in [9.17, 15) is 19.7 Å². The van der Waals surface area contributed by atoms with Gasteiger partial charge in [-0.1, -0.05) is 12.1 Å². The molecule has 1 aliphatic rings. The highest BCUT2D eigenvalue weighted by Crippen LogP contribution is 2.39. The molecule has 0 aromatic heterocycles. The molecule has 1 heterocycles. The standard InChI is InChI=1S/C16H16N2O5/c1-9-13(8-19)15(14(10(2)17-9)16(20)23-3)11-5-4-6-12(7-11)18(21)22/h4-8,13,15H,1-3H3. The quantitative estimate of drug-likeness (QED) is 0.367. The van der Waals surface area contributed by atoms with E-state index in [4.69, 9.17) is 4.74 Å². The minimum absolute atomic E-state index is 0.103. The number of rotatable bonds is 4. The Bertz CT molecular complexity index is 736. The van der Waals surface area contributed by atoms with Gasteiger partial charge in [-0.15, -0.1) is 0 Å². The summed E-state index contributed by atoms with van der Waals surface area (Å²) in [7, 11) is 1.24. The molecule has 7 heteroatoms. The maximum absolute atomic E-state index is 12.1. The fourth-order valence-corrected chi connectivity index (χ4v) is 2.81. The lowest BCUT2D eigenvalue weighted by molar-refractivity contribution is -0.384.